The Kier molecular flexibility index (Phi) is 60.4. The molecule has 0 aromatic carbocycles. The normalized spacial score (nSPS) is 12.3. The second-order valence-electron chi connectivity index (χ2n) is 19.7. The van der Waals surface area contributed by atoms with Gasteiger partial charge in [0, 0.05) is 36.9 Å². The molecule has 0 rings (SSSR count). The second kappa shape index (κ2) is 56.4. The summed E-state index contributed by atoms with van der Waals surface area (Å²) in [4.78, 5) is 26.9. The molecule has 2 unspecified atom stereocenters. The molecule has 0 spiro atoms. The van der Waals surface area contributed by atoms with Crippen LogP contribution in [0.2, 0.25) is 0 Å². The number of hydrogen-bond acceptors (Lipinski definition) is 6. The quantitative estimate of drug-likeness (QED) is 0.0446. The van der Waals surface area contributed by atoms with Crippen molar-refractivity contribution in [3.63, 3.8) is 0 Å². The molecule has 6 nitrogen and oxygen atoms in total. The summed E-state index contributed by atoms with van der Waals surface area (Å²) in [5.41, 5.74) is 0. The number of rotatable bonds is 50. The molecule has 0 saturated carbocycles. The molecule has 63 heavy (non-hydrogen) atoms. The molecular weight excluding hydrogens is 805 g/mol. The molecule has 0 N–H and O–H groups in total. The number of nitrogens with zero attached hydrogens (tertiary/aromatic N) is 2. The van der Waals surface area contributed by atoms with Gasteiger partial charge < -0.3 is 29.6 Å². The van der Waals surface area contributed by atoms with Gasteiger partial charge in [0.25, 0.3) is 0 Å². The molecule has 0 amide bonds. The van der Waals surface area contributed by atoms with E-state index in [1.165, 1.54) is 257 Å². The molecule has 0 bridgehead atoms. The zero-order valence-corrected chi connectivity index (χ0v) is 46.1. The topological polar surface area (TPSA) is 86.7 Å². The SMILES string of the molecule is CCCCCCCCCCCCN(CCCCCCCCCCCC)C(C)CC(=O)[O-].CCCCCCCCCCCCN(CCCCCCCCCCCC)C(C)CC(=O)[O-].[Ca+2]. The van der Waals surface area contributed by atoms with Crippen LogP contribution < -0.4 is 10.2 Å². The summed E-state index contributed by atoms with van der Waals surface area (Å²) in [5.74, 6) is -1.83. The van der Waals surface area contributed by atoms with Crippen LogP contribution in [0.5, 0.6) is 0 Å². The van der Waals surface area contributed by atoms with E-state index in [9.17, 15) is 19.8 Å². The molecule has 0 fully saturated rings. The predicted molar refractivity (Wildman–Crippen MR) is 274 cm³/mol. The van der Waals surface area contributed by atoms with Crippen molar-refractivity contribution in [2.45, 2.75) is 323 Å². The summed E-state index contributed by atoms with van der Waals surface area (Å²) in [5, 5.41) is 22.1. The van der Waals surface area contributed by atoms with Crippen molar-refractivity contribution >= 4 is 49.7 Å². The third kappa shape index (κ3) is 54.6. The number of carboxylic acids is 2. The van der Waals surface area contributed by atoms with Crippen LogP contribution in [0, 0.1) is 0 Å². The van der Waals surface area contributed by atoms with E-state index < -0.39 is 11.9 Å². The standard InChI is InChI=1S/2C28H57NO2.Ca/c2*1-4-6-8-10-12-14-16-18-20-22-24-29(27(3)26-28(30)31)25-23-21-19-17-15-13-11-9-7-5-2;/h2*27H,4-26H2,1-3H3,(H,30,31);/q;;+2/p-2. The molecule has 0 aliphatic heterocycles. The van der Waals surface area contributed by atoms with E-state index >= 15 is 0 Å². The first-order chi connectivity index (χ1) is 30.2. The molecule has 372 valence electrons. The molecule has 0 heterocycles. The molecule has 7 heteroatoms. The summed E-state index contributed by atoms with van der Waals surface area (Å²) < 4.78 is 0. The third-order valence-electron chi connectivity index (χ3n) is 13.4. The van der Waals surface area contributed by atoms with Crippen molar-refractivity contribution in [3.05, 3.63) is 0 Å². The van der Waals surface area contributed by atoms with Crippen LogP contribution in [0.15, 0.2) is 0 Å². The van der Waals surface area contributed by atoms with Crippen molar-refractivity contribution in [1.82, 2.24) is 9.80 Å². The zero-order chi connectivity index (χ0) is 46.0. The minimum Gasteiger partial charge on any atom is -0.550 e. The van der Waals surface area contributed by atoms with E-state index in [1.54, 1.807) is 0 Å². The van der Waals surface area contributed by atoms with E-state index in [4.69, 9.17) is 0 Å². The van der Waals surface area contributed by atoms with E-state index in [1.807, 2.05) is 0 Å². The fourth-order valence-corrected chi connectivity index (χ4v) is 9.06. The average molecular weight is 918 g/mol. The largest absolute Gasteiger partial charge is 2.00 e. The maximum absolute atomic E-state index is 11.1. The third-order valence-corrected chi connectivity index (χ3v) is 13.4. The van der Waals surface area contributed by atoms with Crippen LogP contribution in [-0.2, 0) is 9.59 Å². The Hall–Kier alpha value is 0.120. The fraction of sp³-hybridized carbons (Fsp3) is 0.964. The smallest absolute Gasteiger partial charge is 0.550 e. The first kappa shape index (κ1) is 67.4. The minimum atomic E-state index is -0.913. The Morgan fingerprint density at radius 1 is 0.302 bits per heavy atom. The number of carboxylic acid groups (broad SMARTS) is 2. The first-order valence-corrected chi connectivity index (χ1v) is 28.1. The number of unbranched alkanes of at least 4 members (excludes halogenated alkanes) is 36. The first-order valence-electron chi connectivity index (χ1n) is 28.1. The molecule has 2 atom stereocenters. The van der Waals surface area contributed by atoms with Crippen LogP contribution in [0.1, 0.15) is 311 Å². The van der Waals surface area contributed by atoms with Gasteiger partial charge in [0.15, 0.2) is 0 Å². The van der Waals surface area contributed by atoms with Crippen LogP contribution in [0.4, 0.5) is 0 Å². The van der Waals surface area contributed by atoms with E-state index in [0.717, 1.165) is 26.2 Å². The predicted octanol–water partition coefficient (Wildman–Crippen LogP) is 14.9. The van der Waals surface area contributed by atoms with Crippen LogP contribution in [0.3, 0.4) is 0 Å². The summed E-state index contributed by atoms with van der Waals surface area (Å²) in [6.07, 6.45) is 54.2. The van der Waals surface area contributed by atoms with Gasteiger partial charge in [-0.15, -0.1) is 0 Å². The van der Waals surface area contributed by atoms with E-state index in [-0.39, 0.29) is 62.7 Å². The summed E-state index contributed by atoms with van der Waals surface area (Å²) in [7, 11) is 0. The molecule has 0 aromatic heterocycles. The zero-order valence-electron chi connectivity index (χ0n) is 43.9. The number of carbonyl (C=O) groups excluding carboxylic acids is 2. The van der Waals surface area contributed by atoms with Crippen molar-refractivity contribution in [3.8, 4) is 0 Å². The Morgan fingerprint density at radius 3 is 0.587 bits per heavy atom. The average Bonchev–Trinajstić information content (AvgIpc) is 3.24. The minimum absolute atomic E-state index is 0. The molecule has 0 aliphatic carbocycles. The van der Waals surface area contributed by atoms with Gasteiger partial charge in [0.2, 0.25) is 0 Å². The maximum atomic E-state index is 11.1. The molecular formula is C56H112CaN2O4. The van der Waals surface area contributed by atoms with Crippen molar-refractivity contribution in [1.29, 1.82) is 0 Å². The van der Waals surface area contributed by atoms with Crippen molar-refractivity contribution < 1.29 is 19.8 Å². The van der Waals surface area contributed by atoms with Gasteiger partial charge in [-0.25, -0.2) is 0 Å². The van der Waals surface area contributed by atoms with Crippen LogP contribution in [-0.4, -0.2) is 97.7 Å². The summed E-state index contributed by atoms with van der Waals surface area (Å²) >= 11 is 0. The number of aliphatic carboxylic acids is 2. The Balaban J connectivity index is -0.00000112. The number of carbonyl (C=O) groups is 2. The maximum Gasteiger partial charge on any atom is 2.00 e. The van der Waals surface area contributed by atoms with Gasteiger partial charge >= 0.3 is 37.7 Å². The summed E-state index contributed by atoms with van der Waals surface area (Å²) in [6, 6.07) is 0.198. The molecule has 0 saturated heterocycles. The van der Waals surface area contributed by atoms with Gasteiger partial charge in [-0.3, -0.25) is 0 Å². The van der Waals surface area contributed by atoms with Crippen LogP contribution >= 0.6 is 0 Å². The molecule has 0 aromatic rings. The van der Waals surface area contributed by atoms with Gasteiger partial charge in [0.05, 0.1) is 0 Å². The Morgan fingerprint density at radius 2 is 0.444 bits per heavy atom. The van der Waals surface area contributed by atoms with Crippen molar-refractivity contribution in [2.75, 3.05) is 26.2 Å². The van der Waals surface area contributed by atoms with E-state index in [0.29, 0.717) is 0 Å². The van der Waals surface area contributed by atoms with Crippen molar-refractivity contribution in [2.24, 2.45) is 0 Å². The van der Waals surface area contributed by atoms with Gasteiger partial charge in [0.1, 0.15) is 0 Å². The Labute approximate surface area is 425 Å². The van der Waals surface area contributed by atoms with Gasteiger partial charge in [-0.05, 0) is 65.7 Å². The summed E-state index contributed by atoms with van der Waals surface area (Å²) in [6.45, 7) is 17.4. The molecule has 0 radical (unpaired) electrons. The monoisotopic (exact) mass is 917 g/mol. The van der Waals surface area contributed by atoms with Gasteiger partial charge in [-0.2, -0.15) is 0 Å². The second-order valence-corrected chi connectivity index (χ2v) is 19.7. The molecule has 0 aliphatic rings. The fourth-order valence-electron chi connectivity index (χ4n) is 9.06. The van der Waals surface area contributed by atoms with Gasteiger partial charge in [-0.1, -0.05) is 259 Å². The Bertz CT molecular complexity index is 773. The van der Waals surface area contributed by atoms with E-state index in [2.05, 4.69) is 51.3 Å². The number of hydrogen-bond donors (Lipinski definition) is 0. The van der Waals surface area contributed by atoms with Crippen LogP contribution in [0.25, 0.3) is 0 Å².